The Morgan fingerprint density at radius 1 is 1.12 bits per heavy atom. The molecule has 0 aliphatic carbocycles. The summed E-state index contributed by atoms with van der Waals surface area (Å²) in [5.74, 6) is 0. The molecule has 1 aliphatic heterocycles. The van der Waals surface area contributed by atoms with Gasteiger partial charge in [0.2, 0.25) is 0 Å². The molecule has 0 bridgehead atoms. The van der Waals surface area contributed by atoms with Crippen molar-refractivity contribution in [3.63, 3.8) is 0 Å². The van der Waals surface area contributed by atoms with E-state index >= 15 is 0 Å². The van der Waals surface area contributed by atoms with Crippen LogP contribution in [-0.2, 0) is 7.05 Å². The summed E-state index contributed by atoms with van der Waals surface area (Å²) in [5.41, 5.74) is 1.32. The average molecular weight is 228 g/mol. The van der Waals surface area contributed by atoms with Crippen molar-refractivity contribution >= 4 is 16.5 Å². The highest BCUT2D eigenvalue weighted by molar-refractivity contribution is 5.85. The lowest BCUT2D eigenvalue weighted by atomic mass is 10.1. The van der Waals surface area contributed by atoms with E-state index in [0.29, 0.717) is 0 Å². The van der Waals surface area contributed by atoms with Gasteiger partial charge in [0.05, 0.1) is 0 Å². The van der Waals surface area contributed by atoms with Crippen LogP contribution in [0.15, 0.2) is 35.3 Å². The number of anilines is 1. The number of hydrogen-bond donors (Lipinski definition) is 0. The fourth-order valence-electron chi connectivity index (χ4n) is 2.50. The van der Waals surface area contributed by atoms with Crippen LogP contribution in [-0.4, -0.2) is 17.7 Å². The highest BCUT2D eigenvalue weighted by Crippen LogP contribution is 2.23. The van der Waals surface area contributed by atoms with Crippen molar-refractivity contribution in [2.45, 2.75) is 12.8 Å². The Bertz CT molecular complexity index is 609. The molecule has 3 rings (SSSR count). The molecule has 0 N–H and O–H groups in total. The summed E-state index contributed by atoms with van der Waals surface area (Å²) in [6, 6.07) is 8.15. The van der Waals surface area contributed by atoms with E-state index in [9.17, 15) is 4.79 Å². The minimum absolute atomic E-state index is 0.0791. The van der Waals surface area contributed by atoms with E-state index in [2.05, 4.69) is 17.0 Å². The molecule has 1 saturated heterocycles. The number of aryl methyl sites for hydroxylation is 1. The van der Waals surface area contributed by atoms with Gasteiger partial charge in [-0.15, -0.1) is 0 Å². The van der Waals surface area contributed by atoms with E-state index in [-0.39, 0.29) is 5.56 Å². The van der Waals surface area contributed by atoms with E-state index in [1.54, 1.807) is 11.6 Å². The van der Waals surface area contributed by atoms with Crippen LogP contribution in [0.4, 0.5) is 5.69 Å². The van der Waals surface area contributed by atoms with Crippen LogP contribution in [0.2, 0.25) is 0 Å². The van der Waals surface area contributed by atoms with Gasteiger partial charge in [-0.25, -0.2) is 0 Å². The number of rotatable bonds is 1. The molecule has 88 valence electrons. The summed E-state index contributed by atoms with van der Waals surface area (Å²) in [5, 5.41) is 1.84. The van der Waals surface area contributed by atoms with Crippen molar-refractivity contribution in [3.8, 4) is 0 Å². The van der Waals surface area contributed by atoms with E-state index in [1.807, 2.05) is 18.3 Å². The number of hydrogen-bond acceptors (Lipinski definition) is 2. The third-order valence-electron chi connectivity index (χ3n) is 3.53. The SMILES string of the molecule is Cn1ccc2cc(N3CCCC3)ccc2c1=O. The van der Waals surface area contributed by atoms with Crippen molar-refractivity contribution < 1.29 is 0 Å². The Labute approximate surface area is 100 Å². The van der Waals surface area contributed by atoms with Crippen LogP contribution in [0.25, 0.3) is 10.8 Å². The predicted octanol–water partition coefficient (Wildman–Crippen LogP) is 2.14. The maximum Gasteiger partial charge on any atom is 0.258 e. The van der Waals surface area contributed by atoms with Gasteiger partial charge >= 0.3 is 0 Å². The Hall–Kier alpha value is -1.77. The third kappa shape index (κ3) is 1.71. The van der Waals surface area contributed by atoms with E-state index in [4.69, 9.17) is 0 Å². The summed E-state index contributed by atoms with van der Waals surface area (Å²) in [6.07, 6.45) is 4.38. The fourth-order valence-corrected chi connectivity index (χ4v) is 2.50. The van der Waals surface area contributed by atoms with Gasteiger partial charge in [0.25, 0.3) is 5.56 Å². The zero-order valence-corrected chi connectivity index (χ0v) is 10.0. The molecule has 0 atom stereocenters. The molecule has 0 saturated carbocycles. The maximum atomic E-state index is 11.9. The molecular formula is C14H16N2O. The number of nitrogens with zero attached hydrogens (tertiary/aromatic N) is 2. The number of benzene rings is 1. The molecular weight excluding hydrogens is 212 g/mol. The number of aromatic nitrogens is 1. The Kier molecular flexibility index (Phi) is 2.39. The van der Waals surface area contributed by atoms with Gasteiger partial charge in [0, 0.05) is 37.4 Å². The molecule has 3 nitrogen and oxygen atoms in total. The second kappa shape index (κ2) is 3.91. The molecule has 2 aromatic rings. The first-order chi connectivity index (χ1) is 8.25. The normalized spacial score (nSPS) is 15.7. The smallest absolute Gasteiger partial charge is 0.258 e. The molecule has 1 aromatic carbocycles. The number of pyridine rings is 1. The zero-order valence-electron chi connectivity index (χ0n) is 10.0. The lowest BCUT2D eigenvalue weighted by Crippen LogP contribution is -2.18. The minimum Gasteiger partial charge on any atom is -0.372 e. The van der Waals surface area contributed by atoms with Gasteiger partial charge in [-0.05, 0) is 42.5 Å². The van der Waals surface area contributed by atoms with Crippen LogP contribution in [0, 0.1) is 0 Å². The summed E-state index contributed by atoms with van der Waals surface area (Å²) in [7, 11) is 1.79. The molecule has 2 heterocycles. The van der Waals surface area contributed by atoms with Gasteiger partial charge in [0.15, 0.2) is 0 Å². The molecule has 1 aromatic heterocycles. The first kappa shape index (κ1) is 10.4. The molecule has 17 heavy (non-hydrogen) atoms. The van der Waals surface area contributed by atoms with Crippen LogP contribution in [0.3, 0.4) is 0 Å². The highest BCUT2D eigenvalue weighted by Gasteiger charge is 2.12. The second-order valence-corrected chi connectivity index (χ2v) is 4.70. The summed E-state index contributed by atoms with van der Waals surface area (Å²) < 4.78 is 1.62. The van der Waals surface area contributed by atoms with Crippen molar-refractivity contribution in [1.29, 1.82) is 0 Å². The van der Waals surface area contributed by atoms with Gasteiger partial charge in [-0.2, -0.15) is 0 Å². The van der Waals surface area contributed by atoms with Crippen LogP contribution < -0.4 is 10.5 Å². The maximum absolute atomic E-state index is 11.9. The average Bonchev–Trinajstić information content (AvgIpc) is 2.87. The summed E-state index contributed by atoms with van der Waals surface area (Å²) in [4.78, 5) is 14.3. The molecule has 0 amide bonds. The second-order valence-electron chi connectivity index (χ2n) is 4.70. The third-order valence-corrected chi connectivity index (χ3v) is 3.53. The van der Waals surface area contributed by atoms with Crippen molar-refractivity contribution in [2.24, 2.45) is 7.05 Å². The molecule has 0 spiro atoms. The quantitative estimate of drug-likeness (QED) is 0.747. The van der Waals surface area contributed by atoms with Crippen LogP contribution in [0.1, 0.15) is 12.8 Å². The van der Waals surface area contributed by atoms with Crippen LogP contribution >= 0.6 is 0 Å². The fraction of sp³-hybridized carbons (Fsp3) is 0.357. The van der Waals surface area contributed by atoms with Crippen molar-refractivity contribution in [3.05, 3.63) is 40.8 Å². The van der Waals surface area contributed by atoms with Gasteiger partial charge < -0.3 is 9.47 Å². The van der Waals surface area contributed by atoms with E-state index in [0.717, 1.165) is 23.9 Å². The largest absolute Gasteiger partial charge is 0.372 e. The van der Waals surface area contributed by atoms with Crippen molar-refractivity contribution in [1.82, 2.24) is 4.57 Å². The first-order valence-corrected chi connectivity index (χ1v) is 6.10. The lowest BCUT2D eigenvalue weighted by molar-refractivity contribution is 0.873. The minimum atomic E-state index is 0.0791. The highest BCUT2D eigenvalue weighted by atomic mass is 16.1. The van der Waals surface area contributed by atoms with E-state index in [1.165, 1.54) is 18.5 Å². The first-order valence-electron chi connectivity index (χ1n) is 6.10. The molecule has 1 aliphatic rings. The summed E-state index contributed by atoms with van der Waals surface area (Å²) in [6.45, 7) is 2.27. The lowest BCUT2D eigenvalue weighted by Gasteiger charge is -2.17. The standard InChI is InChI=1S/C14H16N2O/c1-15-9-6-11-10-12(16-7-2-3-8-16)4-5-13(11)14(15)17/h4-6,9-10H,2-3,7-8H2,1H3. The van der Waals surface area contributed by atoms with Gasteiger partial charge in [0.1, 0.15) is 0 Å². The predicted molar refractivity (Wildman–Crippen MR) is 70.6 cm³/mol. The molecule has 0 radical (unpaired) electrons. The van der Waals surface area contributed by atoms with Crippen LogP contribution in [0.5, 0.6) is 0 Å². The number of fused-ring (bicyclic) bond motifs is 1. The Balaban J connectivity index is 2.13. The zero-order chi connectivity index (χ0) is 11.8. The topological polar surface area (TPSA) is 25.2 Å². The van der Waals surface area contributed by atoms with Crippen molar-refractivity contribution in [2.75, 3.05) is 18.0 Å². The van der Waals surface area contributed by atoms with Gasteiger partial charge in [-0.1, -0.05) is 0 Å². The molecule has 1 fully saturated rings. The molecule has 3 heteroatoms. The Morgan fingerprint density at radius 3 is 2.65 bits per heavy atom. The monoisotopic (exact) mass is 228 g/mol. The Morgan fingerprint density at radius 2 is 1.88 bits per heavy atom. The molecule has 0 unspecified atom stereocenters. The van der Waals surface area contributed by atoms with Gasteiger partial charge in [-0.3, -0.25) is 4.79 Å². The van der Waals surface area contributed by atoms with E-state index < -0.39 is 0 Å². The summed E-state index contributed by atoms with van der Waals surface area (Å²) >= 11 is 0.